The molecule has 1 aromatic rings. The quantitative estimate of drug-likeness (QED) is 0.460. The minimum Gasteiger partial charge on any atom is -0.491 e. The summed E-state index contributed by atoms with van der Waals surface area (Å²) >= 11 is 0. The molecule has 0 saturated heterocycles. The van der Waals surface area contributed by atoms with Gasteiger partial charge in [-0.2, -0.15) is 0 Å². The second kappa shape index (κ2) is 6.69. The molecule has 7 nitrogen and oxygen atoms in total. The highest BCUT2D eigenvalue weighted by Crippen LogP contribution is 2.23. The standard InChI is InChI=1S/C12H15NO6/c1-8-7-10(13(16)17)3-4-11(8)19-6-5-18-9(2)12(14)15/h3-4,7,9H,5-6H2,1-2H3,(H,14,15). The van der Waals surface area contributed by atoms with Gasteiger partial charge in [0.1, 0.15) is 12.4 Å². The second-order valence-electron chi connectivity index (χ2n) is 3.91. The Morgan fingerprint density at radius 2 is 2.16 bits per heavy atom. The van der Waals surface area contributed by atoms with Gasteiger partial charge in [-0.1, -0.05) is 0 Å². The molecule has 0 saturated carbocycles. The highest BCUT2D eigenvalue weighted by molar-refractivity contribution is 5.71. The number of aliphatic carboxylic acids is 1. The summed E-state index contributed by atoms with van der Waals surface area (Å²) in [5.74, 6) is -0.524. The van der Waals surface area contributed by atoms with Gasteiger partial charge in [0, 0.05) is 12.1 Å². The Morgan fingerprint density at radius 3 is 2.68 bits per heavy atom. The summed E-state index contributed by atoms with van der Waals surface area (Å²) in [6, 6.07) is 4.27. The molecule has 1 unspecified atom stereocenters. The van der Waals surface area contributed by atoms with Crippen molar-refractivity contribution < 1.29 is 24.3 Å². The molecule has 0 spiro atoms. The lowest BCUT2D eigenvalue weighted by Gasteiger charge is -2.11. The lowest BCUT2D eigenvalue weighted by molar-refractivity contribution is -0.384. The zero-order valence-electron chi connectivity index (χ0n) is 10.7. The van der Waals surface area contributed by atoms with Crippen LogP contribution < -0.4 is 4.74 Å². The maximum atomic E-state index is 10.6. The molecule has 1 rings (SSSR count). The van der Waals surface area contributed by atoms with Gasteiger partial charge in [0.05, 0.1) is 11.5 Å². The van der Waals surface area contributed by atoms with E-state index in [0.717, 1.165) is 0 Å². The van der Waals surface area contributed by atoms with E-state index in [1.54, 1.807) is 6.92 Å². The van der Waals surface area contributed by atoms with Crippen LogP contribution in [-0.4, -0.2) is 35.3 Å². The number of hydrogen-bond donors (Lipinski definition) is 1. The summed E-state index contributed by atoms with van der Waals surface area (Å²) in [4.78, 5) is 20.6. The van der Waals surface area contributed by atoms with Gasteiger partial charge in [-0.15, -0.1) is 0 Å². The normalized spacial score (nSPS) is 11.9. The highest BCUT2D eigenvalue weighted by atomic mass is 16.6. The molecule has 19 heavy (non-hydrogen) atoms. The zero-order valence-corrected chi connectivity index (χ0v) is 10.7. The monoisotopic (exact) mass is 269 g/mol. The number of nitrogens with zero attached hydrogens (tertiary/aromatic N) is 1. The predicted octanol–water partition coefficient (Wildman–Crippen LogP) is 1.77. The number of ether oxygens (including phenoxy) is 2. The van der Waals surface area contributed by atoms with Crippen molar-refractivity contribution in [2.75, 3.05) is 13.2 Å². The van der Waals surface area contributed by atoms with Crippen LogP contribution in [0.2, 0.25) is 0 Å². The van der Waals surface area contributed by atoms with Gasteiger partial charge < -0.3 is 14.6 Å². The molecule has 1 atom stereocenters. The predicted molar refractivity (Wildman–Crippen MR) is 66.4 cm³/mol. The van der Waals surface area contributed by atoms with Gasteiger partial charge in [0.25, 0.3) is 5.69 Å². The van der Waals surface area contributed by atoms with Gasteiger partial charge in [-0.25, -0.2) is 4.79 Å². The van der Waals surface area contributed by atoms with Gasteiger partial charge in [0.15, 0.2) is 6.10 Å². The van der Waals surface area contributed by atoms with Crippen LogP contribution in [0.5, 0.6) is 5.75 Å². The molecule has 1 aromatic carbocycles. The summed E-state index contributed by atoms with van der Waals surface area (Å²) < 4.78 is 10.4. The fourth-order valence-electron chi connectivity index (χ4n) is 1.36. The van der Waals surface area contributed by atoms with Crippen LogP contribution in [-0.2, 0) is 9.53 Å². The van der Waals surface area contributed by atoms with E-state index in [1.807, 2.05) is 0 Å². The molecule has 7 heteroatoms. The van der Waals surface area contributed by atoms with E-state index in [-0.39, 0.29) is 18.9 Å². The third-order valence-electron chi connectivity index (χ3n) is 2.43. The van der Waals surface area contributed by atoms with Crippen LogP contribution >= 0.6 is 0 Å². The average molecular weight is 269 g/mol. The summed E-state index contributed by atoms with van der Waals surface area (Å²) in [6.07, 6.45) is -0.887. The Balaban J connectivity index is 2.46. The lowest BCUT2D eigenvalue weighted by atomic mass is 10.2. The third kappa shape index (κ3) is 4.55. The largest absolute Gasteiger partial charge is 0.491 e. The molecule has 1 N–H and O–H groups in total. The maximum Gasteiger partial charge on any atom is 0.332 e. The first-order chi connectivity index (χ1) is 8.91. The molecule has 0 aliphatic rings. The van der Waals surface area contributed by atoms with E-state index < -0.39 is 17.0 Å². The number of carbonyl (C=O) groups is 1. The first kappa shape index (κ1) is 14.9. The fraction of sp³-hybridized carbons (Fsp3) is 0.417. The molecule has 0 bridgehead atoms. The summed E-state index contributed by atoms with van der Waals surface area (Å²) in [5.41, 5.74) is 0.640. The maximum absolute atomic E-state index is 10.6. The van der Waals surface area contributed by atoms with Crippen molar-refractivity contribution in [1.82, 2.24) is 0 Å². The molecule has 0 fully saturated rings. The molecular formula is C12H15NO6. The van der Waals surface area contributed by atoms with Gasteiger partial charge in [-0.05, 0) is 25.5 Å². The molecular weight excluding hydrogens is 254 g/mol. The van der Waals surface area contributed by atoms with Crippen molar-refractivity contribution >= 4 is 11.7 Å². The minimum absolute atomic E-state index is 0.000555. The molecule has 0 heterocycles. The SMILES string of the molecule is Cc1cc([N+](=O)[O-])ccc1OCCOC(C)C(=O)O. The summed E-state index contributed by atoms with van der Waals surface area (Å²) in [5, 5.41) is 19.1. The number of nitro benzene ring substituents is 1. The van der Waals surface area contributed by atoms with Gasteiger partial charge in [0.2, 0.25) is 0 Å². The highest BCUT2D eigenvalue weighted by Gasteiger charge is 2.11. The smallest absolute Gasteiger partial charge is 0.332 e. The van der Waals surface area contributed by atoms with Crippen LogP contribution in [0.4, 0.5) is 5.69 Å². The van der Waals surface area contributed by atoms with E-state index in [1.165, 1.54) is 25.1 Å². The average Bonchev–Trinajstić information content (AvgIpc) is 2.35. The molecule has 0 aliphatic carbocycles. The Labute approximate surface area is 109 Å². The molecule has 0 radical (unpaired) electrons. The second-order valence-corrected chi connectivity index (χ2v) is 3.91. The number of nitro groups is 1. The van der Waals surface area contributed by atoms with Crippen molar-refractivity contribution in [3.05, 3.63) is 33.9 Å². The lowest BCUT2D eigenvalue weighted by Crippen LogP contribution is -2.22. The van der Waals surface area contributed by atoms with Gasteiger partial charge in [-0.3, -0.25) is 10.1 Å². The minimum atomic E-state index is -1.04. The Kier molecular flexibility index (Phi) is 5.25. The Hall–Kier alpha value is -2.15. The number of rotatable bonds is 7. The topological polar surface area (TPSA) is 98.9 Å². The number of non-ortho nitro benzene ring substituents is 1. The van der Waals surface area contributed by atoms with Crippen molar-refractivity contribution in [1.29, 1.82) is 0 Å². The number of carboxylic acids is 1. The van der Waals surface area contributed by atoms with Crippen LogP contribution in [0, 0.1) is 17.0 Å². The van der Waals surface area contributed by atoms with Crippen molar-refractivity contribution in [3.8, 4) is 5.75 Å². The van der Waals surface area contributed by atoms with Crippen LogP contribution in [0.1, 0.15) is 12.5 Å². The van der Waals surface area contributed by atoms with Crippen molar-refractivity contribution in [2.24, 2.45) is 0 Å². The molecule has 0 amide bonds. The van der Waals surface area contributed by atoms with Crippen LogP contribution in [0.25, 0.3) is 0 Å². The van der Waals surface area contributed by atoms with Crippen molar-refractivity contribution in [3.63, 3.8) is 0 Å². The van der Waals surface area contributed by atoms with E-state index in [9.17, 15) is 14.9 Å². The summed E-state index contributed by atoms with van der Waals surface area (Å²) in [6.45, 7) is 3.43. The molecule has 104 valence electrons. The number of hydrogen-bond acceptors (Lipinski definition) is 5. The number of carboxylic acid groups (broad SMARTS) is 1. The Morgan fingerprint density at radius 1 is 1.47 bits per heavy atom. The van der Waals surface area contributed by atoms with Gasteiger partial charge >= 0.3 is 5.97 Å². The number of aryl methyl sites for hydroxylation is 1. The van der Waals surface area contributed by atoms with E-state index >= 15 is 0 Å². The fourth-order valence-corrected chi connectivity index (χ4v) is 1.36. The first-order valence-corrected chi connectivity index (χ1v) is 5.64. The van der Waals surface area contributed by atoms with Crippen LogP contribution in [0.3, 0.4) is 0 Å². The molecule has 0 aliphatic heterocycles. The summed E-state index contributed by atoms with van der Waals surface area (Å²) in [7, 11) is 0. The third-order valence-corrected chi connectivity index (χ3v) is 2.43. The zero-order chi connectivity index (χ0) is 14.4. The number of benzene rings is 1. The molecule has 0 aromatic heterocycles. The first-order valence-electron chi connectivity index (χ1n) is 5.64. The van der Waals surface area contributed by atoms with Crippen molar-refractivity contribution in [2.45, 2.75) is 20.0 Å². The Bertz CT molecular complexity index is 473. The van der Waals surface area contributed by atoms with E-state index in [2.05, 4.69) is 0 Å². The van der Waals surface area contributed by atoms with Crippen LogP contribution in [0.15, 0.2) is 18.2 Å². The van der Waals surface area contributed by atoms with E-state index in [4.69, 9.17) is 14.6 Å². The van der Waals surface area contributed by atoms with E-state index in [0.29, 0.717) is 11.3 Å².